The van der Waals surface area contributed by atoms with E-state index in [-0.39, 0.29) is 17.3 Å². The van der Waals surface area contributed by atoms with Gasteiger partial charge in [0.25, 0.3) is 11.8 Å². The van der Waals surface area contributed by atoms with Crippen LogP contribution in [0.4, 0.5) is 21.9 Å². The topological polar surface area (TPSA) is 113 Å². The highest BCUT2D eigenvalue weighted by Crippen LogP contribution is 2.29. The van der Waals surface area contributed by atoms with Gasteiger partial charge in [-0.25, -0.2) is 9.69 Å². The van der Waals surface area contributed by atoms with Crippen molar-refractivity contribution in [1.29, 1.82) is 0 Å². The second-order valence-electron chi connectivity index (χ2n) is 8.21. The van der Waals surface area contributed by atoms with E-state index in [1.54, 1.807) is 57.2 Å². The summed E-state index contributed by atoms with van der Waals surface area (Å²) < 4.78 is 0. The van der Waals surface area contributed by atoms with Gasteiger partial charge in [-0.15, -0.1) is 0 Å². The molecule has 0 radical (unpaired) electrons. The Morgan fingerprint density at radius 2 is 1.74 bits per heavy atom. The second-order valence-corrected chi connectivity index (χ2v) is 8.62. The summed E-state index contributed by atoms with van der Waals surface area (Å²) in [6.45, 7) is 4.57. The summed E-state index contributed by atoms with van der Waals surface area (Å²) in [5, 5.41) is 2.74. The molecule has 0 aromatic heterocycles. The molecule has 1 aliphatic heterocycles. The van der Waals surface area contributed by atoms with Crippen molar-refractivity contribution < 1.29 is 19.2 Å². The molecular formula is C22H23ClN4O4. The molecule has 9 heteroatoms. The van der Waals surface area contributed by atoms with Gasteiger partial charge in [0.05, 0.1) is 10.7 Å². The Hall–Kier alpha value is -3.39. The van der Waals surface area contributed by atoms with Crippen LogP contribution in [-0.2, 0) is 14.4 Å². The molecule has 4 amide bonds. The molecular weight excluding hydrogens is 420 g/mol. The number of hydrogen-bond acceptors (Lipinski definition) is 5. The largest absolute Gasteiger partial charge is 0.399 e. The maximum Gasteiger partial charge on any atom is 0.332 e. The summed E-state index contributed by atoms with van der Waals surface area (Å²) in [6.07, 6.45) is 0. The summed E-state index contributed by atoms with van der Waals surface area (Å²) >= 11 is 6.12. The zero-order valence-electron chi connectivity index (χ0n) is 17.4. The molecule has 31 heavy (non-hydrogen) atoms. The summed E-state index contributed by atoms with van der Waals surface area (Å²) in [5.41, 5.74) is 5.77. The Balaban J connectivity index is 1.98. The Morgan fingerprint density at radius 1 is 1.10 bits per heavy atom. The van der Waals surface area contributed by atoms with E-state index in [0.717, 1.165) is 4.90 Å². The summed E-state index contributed by atoms with van der Waals surface area (Å²) in [7, 11) is 0. The maximum atomic E-state index is 13.2. The van der Waals surface area contributed by atoms with E-state index < -0.39 is 35.1 Å². The number of nitrogens with zero attached hydrogens (tertiary/aromatic N) is 2. The summed E-state index contributed by atoms with van der Waals surface area (Å²) in [6, 6.07) is 10.6. The molecule has 1 unspecified atom stereocenters. The van der Waals surface area contributed by atoms with Gasteiger partial charge in [0.2, 0.25) is 0 Å². The Morgan fingerprint density at radius 3 is 2.35 bits per heavy atom. The molecule has 3 N–H and O–H groups in total. The molecule has 1 aliphatic rings. The van der Waals surface area contributed by atoms with Crippen LogP contribution in [0.3, 0.4) is 0 Å². The summed E-state index contributed by atoms with van der Waals surface area (Å²) in [4.78, 5) is 54.2. The van der Waals surface area contributed by atoms with Gasteiger partial charge in [-0.05, 0) is 30.3 Å². The highest BCUT2D eigenvalue weighted by atomic mass is 35.5. The molecule has 2 aromatic rings. The molecule has 0 spiro atoms. The first-order valence-electron chi connectivity index (χ1n) is 9.59. The zero-order chi connectivity index (χ0) is 22.9. The van der Waals surface area contributed by atoms with Gasteiger partial charge in [0.1, 0.15) is 6.54 Å². The Kier molecular flexibility index (Phi) is 6.03. The van der Waals surface area contributed by atoms with Crippen molar-refractivity contribution in [2.24, 2.45) is 5.41 Å². The van der Waals surface area contributed by atoms with Crippen LogP contribution < -0.4 is 16.0 Å². The van der Waals surface area contributed by atoms with Crippen LogP contribution in [0.25, 0.3) is 0 Å². The first kappa shape index (κ1) is 22.3. The Bertz CT molecular complexity index is 1050. The number of carbonyl (C=O) groups is 4. The minimum absolute atomic E-state index is 0.178. The van der Waals surface area contributed by atoms with Crippen molar-refractivity contribution in [2.45, 2.75) is 26.8 Å². The van der Waals surface area contributed by atoms with Gasteiger partial charge in [0.15, 0.2) is 11.8 Å². The van der Waals surface area contributed by atoms with Gasteiger partial charge in [-0.3, -0.25) is 19.3 Å². The lowest BCUT2D eigenvalue weighted by molar-refractivity contribution is -0.143. The molecule has 1 fully saturated rings. The number of halogens is 1. The smallest absolute Gasteiger partial charge is 0.332 e. The predicted molar refractivity (Wildman–Crippen MR) is 119 cm³/mol. The molecule has 3 rings (SSSR count). The third kappa shape index (κ3) is 4.54. The van der Waals surface area contributed by atoms with Gasteiger partial charge >= 0.3 is 6.03 Å². The fraction of sp³-hybridized carbons (Fsp3) is 0.273. The fourth-order valence-electron chi connectivity index (χ4n) is 3.18. The van der Waals surface area contributed by atoms with Gasteiger partial charge in [-0.2, -0.15) is 0 Å². The van der Waals surface area contributed by atoms with Crippen molar-refractivity contribution in [1.82, 2.24) is 4.90 Å². The number of ketones is 1. The first-order chi connectivity index (χ1) is 14.5. The molecule has 0 aliphatic carbocycles. The maximum absolute atomic E-state index is 13.2. The summed E-state index contributed by atoms with van der Waals surface area (Å²) in [5.74, 6) is -2.07. The van der Waals surface area contributed by atoms with Crippen LogP contribution in [-0.4, -0.2) is 41.1 Å². The fourth-order valence-corrected chi connectivity index (χ4v) is 3.35. The number of rotatable bonds is 5. The lowest BCUT2D eigenvalue weighted by Crippen LogP contribution is -2.55. The standard InChI is InChI=1S/C22H23ClN4O4/c1-22(2,3)19(29)18(20(30)25-16-11-13(24)9-10-15(16)23)27-17(28)12-26(21(27)31)14-7-5-4-6-8-14/h4-11,18H,12,24H2,1-3H3,(H,25,30). The van der Waals surface area contributed by atoms with Crippen molar-refractivity contribution in [2.75, 3.05) is 22.5 Å². The SMILES string of the molecule is CC(C)(C)C(=O)C(C(=O)Nc1cc(N)ccc1Cl)N1C(=O)CN(c2ccccc2)C1=O. The van der Waals surface area contributed by atoms with Gasteiger partial charge in [0, 0.05) is 16.8 Å². The van der Waals surface area contributed by atoms with E-state index in [9.17, 15) is 19.2 Å². The third-order valence-electron chi connectivity index (χ3n) is 4.81. The monoisotopic (exact) mass is 442 g/mol. The van der Waals surface area contributed by atoms with Crippen molar-refractivity contribution >= 4 is 52.3 Å². The van der Waals surface area contributed by atoms with Crippen LogP contribution in [0, 0.1) is 5.41 Å². The van der Waals surface area contributed by atoms with Crippen LogP contribution in [0.15, 0.2) is 48.5 Å². The van der Waals surface area contributed by atoms with Crippen molar-refractivity contribution in [3.8, 4) is 0 Å². The first-order valence-corrected chi connectivity index (χ1v) is 9.97. The number of urea groups is 1. The Labute approximate surface area is 184 Å². The van der Waals surface area contributed by atoms with Gasteiger partial charge in [-0.1, -0.05) is 50.6 Å². The molecule has 1 atom stereocenters. The number of Topliss-reactive ketones (excluding diaryl/α,β-unsaturated/α-hetero) is 1. The number of nitrogens with two attached hydrogens (primary N) is 1. The molecule has 162 valence electrons. The lowest BCUT2D eigenvalue weighted by Gasteiger charge is -2.29. The van der Waals surface area contributed by atoms with Crippen molar-refractivity contribution in [3.63, 3.8) is 0 Å². The molecule has 0 saturated carbocycles. The van der Waals surface area contributed by atoms with Crippen LogP contribution >= 0.6 is 11.6 Å². The van der Waals surface area contributed by atoms with Crippen LogP contribution in [0.5, 0.6) is 0 Å². The minimum atomic E-state index is -1.66. The molecule has 1 saturated heterocycles. The average molecular weight is 443 g/mol. The van der Waals surface area contributed by atoms with E-state index in [1.165, 1.54) is 17.0 Å². The molecule has 2 aromatic carbocycles. The van der Waals surface area contributed by atoms with Crippen molar-refractivity contribution in [3.05, 3.63) is 53.6 Å². The number of para-hydroxylation sites is 1. The minimum Gasteiger partial charge on any atom is -0.399 e. The number of nitrogen functional groups attached to an aromatic ring is 1. The number of amides is 4. The lowest BCUT2D eigenvalue weighted by atomic mass is 9.85. The van der Waals surface area contributed by atoms with E-state index in [1.807, 2.05) is 0 Å². The number of anilines is 3. The average Bonchev–Trinajstić information content (AvgIpc) is 2.99. The highest BCUT2D eigenvalue weighted by Gasteiger charge is 2.49. The third-order valence-corrected chi connectivity index (χ3v) is 5.14. The van der Waals surface area contributed by atoms with Crippen LogP contribution in [0.1, 0.15) is 20.8 Å². The van der Waals surface area contributed by atoms with E-state index in [2.05, 4.69) is 5.32 Å². The number of carbonyl (C=O) groups excluding carboxylic acids is 4. The number of nitrogens with one attached hydrogen (secondary N) is 1. The van der Waals surface area contributed by atoms with Gasteiger partial charge < -0.3 is 11.1 Å². The molecule has 0 bridgehead atoms. The van der Waals surface area contributed by atoms with E-state index >= 15 is 0 Å². The second kappa shape index (κ2) is 8.39. The highest BCUT2D eigenvalue weighted by molar-refractivity contribution is 6.34. The van der Waals surface area contributed by atoms with E-state index in [0.29, 0.717) is 11.4 Å². The molecule has 1 heterocycles. The quantitative estimate of drug-likeness (QED) is 0.419. The number of hydrogen-bond donors (Lipinski definition) is 2. The normalized spacial score (nSPS) is 15.2. The predicted octanol–water partition coefficient (Wildman–Crippen LogP) is 3.31. The number of benzene rings is 2. The van der Waals surface area contributed by atoms with Crippen LogP contribution in [0.2, 0.25) is 5.02 Å². The zero-order valence-corrected chi connectivity index (χ0v) is 18.1. The molecule has 8 nitrogen and oxygen atoms in total. The number of imide groups is 1. The van der Waals surface area contributed by atoms with E-state index in [4.69, 9.17) is 17.3 Å².